The van der Waals surface area contributed by atoms with Gasteiger partial charge in [-0.05, 0) is 31.2 Å². The number of H-pyrrole nitrogens is 1. The number of aromatic nitrogens is 2. The lowest BCUT2D eigenvalue weighted by molar-refractivity contribution is 0.323. The maximum absolute atomic E-state index is 4.32. The predicted molar refractivity (Wildman–Crippen MR) is 68.8 cm³/mol. The summed E-state index contributed by atoms with van der Waals surface area (Å²) in [4.78, 5) is 10.1. The van der Waals surface area contributed by atoms with Gasteiger partial charge in [0, 0.05) is 43.5 Å². The minimum atomic E-state index is 0.651. The number of rotatable bonds is 3. The molecule has 1 saturated heterocycles. The molecular weight excluding hydrogens is 212 g/mol. The van der Waals surface area contributed by atoms with E-state index in [1.165, 1.54) is 23.9 Å². The van der Waals surface area contributed by atoms with Crippen molar-refractivity contribution in [2.45, 2.75) is 19.0 Å². The molecule has 1 unspecified atom stereocenters. The zero-order valence-corrected chi connectivity index (χ0v) is 10.1. The SMILES string of the molecule is CNC1CCN(Cc2c[nH]c3ncccc23)C1. The van der Waals surface area contributed by atoms with Gasteiger partial charge in [0.25, 0.3) is 0 Å². The van der Waals surface area contributed by atoms with Crippen LogP contribution in [-0.4, -0.2) is 41.0 Å². The first-order valence-corrected chi connectivity index (χ1v) is 6.17. The monoisotopic (exact) mass is 230 g/mol. The molecule has 0 bridgehead atoms. The summed E-state index contributed by atoms with van der Waals surface area (Å²) in [6.45, 7) is 3.34. The van der Waals surface area contributed by atoms with Crippen LogP contribution in [0, 0.1) is 0 Å². The predicted octanol–water partition coefficient (Wildman–Crippen LogP) is 1.36. The lowest BCUT2D eigenvalue weighted by Crippen LogP contribution is -2.29. The highest BCUT2D eigenvalue weighted by Crippen LogP contribution is 2.19. The molecule has 1 atom stereocenters. The maximum Gasteiger partial charge on any atom is 0.137 e. The normalized spacial score (nSPS) is 21.4. The molecule has 4 nitrogen and oxygen atoms in total. The molecule has 0 saturated carbocycles. The Bertz CT molecular complexity index is 505. The molecule has 1 aliphatic rings. The zero-order chi connectivity index (χ0) is 11.7. The van der Waals surface area contributed by atoms with Crippen LogP contribution in [0.1, 0.15) is 12.0 Å². The van der Waals surface area contributed by atoms with E-state index in [0.717, 1.165) is 18.7 Å². The Morgan fingerprint density at radius 1 is 1.59 bits per heavy atom. The summed E-state index contributed by atoms with van der Waals surface area (Å²) in [5.41, 5.74) is 2.34. The molecule has 90 valence electrons. The van der Waals surface area contributed by atoms with Gasteiger partial charge in [0.05, 0.1) is 0 Å². The van der Waals surface area contributed by atoms with Crippen molar-refractivity contribution >= 4 is 11.0 Å². The molecule has 1 aliphatic heterocycles. The van der Waals surface area contributed by atoms with Crippen molar-refractivity contribution in [3.8, 4) is 0 Å². The number of nitrogens with zero attached hydrogens (tertiary/aromatic N) is 2. The van der Waals surface area contributed by atoms with Crippen LogP contribution < -0.4 is 5.32 Å². The zero-order valence-electron chi connectivity index (χ0n) is 10.1. The van der Waals surface area contributed by atoms with Gasteiger partial charge < -0.3 is 10.3 Å². The number of fused-ring (bicyclic) bond motifs is 1. The Kier molecular flexibility index (Phi) is 2.82. The van der Waals surface area contributed by atoms with Crippen molar-refractivity contribution in [1.29, 1.82) is 0 Å². The van der Waals surface area contributed by atoms with Crippen LogP contribution in [0.5, 0.6) is 0 Å². The van der Waals surface area contributed by atoms with E-state index in [-0.39, 0.29) is 0 Å². The average molecular weight is 230 g/mol. The van der Waals surface area contributed by atoms with Gasteiger partial charge in [-0.25, -0.2) is 4.98 Å². The quantitative estimate of drug-likeness (QED) is 0.836. The lowest BCUT2D eigenvalue weighted by Gasteiger charge is -2.15. The van der Waals surface area contributed by atoms with Gasteiger partial charge in [-0.15, -0.1) is 0 Å². The van der Waals surface area contributed by atoms with Crippen LogP contribution >= 0.6 is 0 Å². The van der Waals surface area contributed by atoms with E-state index in [1.807, 2.05) is 19.3 Å². The first kappa shape index (κ1) is 10.7. The number of hydrogen-bond acceptors (Lipinski definition) is 3. The largest absolute Gasteiger partial charge is 0.346 e. The molecule has 2 N–H and O–H groups in total. The molecule has 2 aromatic rings. The number of pyridine rings is 1. The molecule has 0 amide bonds. The molecule has 0 aromatic carbocycles. The molecule has 0 spiro atoms. The van der Waals surface area contributed by atoms with Crippen LogP contribution in [0.25, 0.3) is 11.0 Å². The summed E-state index contributed by atoms with van der Waals surface area (Å²) in [6.07, 6.45) is 5.16. The number of likely N-dealkylation sites (N-methyl/N-ethyl adjacent to an activating group) is 1. The fraction of sp³-hybridized carbons (Fsp3) is 0.462. The van der Waals surface area contributed by atoms with E-state index in [0.29, 0.717) is 6.04 Å². The van der Waals surface area contributed by atoms with Crippen LogP contribution in [-0.2, 0) is 6.54 Å². The molecule has 4 heteroatoms. The highest BCUT2D eigenvalue weighted by atomic mass is 15.2. The highest BCUT2D eigenvalue weighted by molar-refractivity contribution is 5.79. The van der Waals surface area contributed by atoms with Gasteiger partial charge in [0.1, 0.15) is 5.65 Å². The van der Waals surface area contributed by atoms with Crippen molar-refractivity contribution in [3.63, 3.8) is 0 Å². The Morgan fingerprint density at radius 2 is 2.53 bits per heavy atom. The topological polar surface area (TPSA) is 44.0 Å². The standard InChI is InChI=1S/C13H18N4/c1-14-11-4-6-17(9-11)8-10-7-16-13-12(10)3-2-5-15-13/h2-3,5,7,11,14H,4,6,8-9H2,1H3,(H,15,16). The third kappa shape index (κ3) is 2.06. The van der Waals surface area contributed by atoms with E-state index < -0.39 is 0 Å². The highest BCUT2D eigenvalue weighted by Gasteiger charge is 2.21. The summed E-state index contributed by atoms with van der Waals surface area (Å²) in [6, 6.07) is 4.79. The molecule has 2 aromatic heterocycles. The van der Waals surface area contributed by atoms with E-state index in [1.54, 1.807) is 0 Å². The molecule has 3 rings (SSSR count). The van der Waals surface area contributed by atoms with Crippen molar-refractivity contribution in [3.05, 3.63) is 30.1 Å². The van der Waals surface area contributed by atoms with E-state index in [9.17, 15) is 0 Å². The second-order valence-electron chi connectivity index (χ2n) is 4.72. The van der Waals surface area contributed by atoms with E-state index in [4.69, 9.17) is 0 Å². The third-order valence-electron chi connectivity index (χ3n) is 3.61. The number of nitrogens with one attached hydrogen (secondary N) is 2. The van der Waals surface area contributed by atoms with Gasteiger partial charge in [-0.2, -0.15) is 0 Å². The molecule has 0 radical (unpaired) electrons. The molecule has 0 aliphatic carbocycles. The van der Waals surface area contributed by atoms with Crippen LogP contribution in [0.4, 0.5) is 0 Å². The lowest BCUT2D eigenvalue weighted by atomic mass is 10.2. The second kappa shape index (κ2) is 4.47. The van der Waals surface area contributed by atoms with Crippen molar-refractivity contribution in [1.82, 2.24) is 20.2 Å². The summed E-state index contributed by atoms with van der Waals surface area (Å²) in [5, 5.41) is 4.60. The van der Waals surface area contributed by atoms with E-state index in [2.05, 4.69) is 32.4 Å². The van der Waals surface area contributed by atoms with Crippen LogP contribution in [0.3, 0.4) is 0 Å². The Balaban J connectivity index is 1.77. The fourth-order valence-corrected chi connectivity index (χ4v) is 2.60. The van der Waals surface area contributed by atoms with Crippen molar-refractivity contribution < 1.29 is 0 Å². The maximum atomic E-state index is 4.32. The minimum Gasteiger partial charge on any atom is -0.346 e. The number of hydrogen-bond donors (Lipinski definition) is 2. The van der Waals surface area contributed by atoms with E-state index >= 15 is 0 Å². The molecule has 3 heterocycles. The minimum absolute atomic E-state index is 0.651. The molecule has 17 heavy (non-hydrogen) atoms. The van der Waals surface area contributed by atoms with Gasteiger partial charge >= 0.3 is 0 Å². The van der Waals surface area contributed by atoms with Crippen LogP contribution in [0.15, 0.2) is 24.5 Å². The summed E-state index contributed by atoms with van der Waals surface area (Å²) in [5.74, 6) is 0. The smallest absolute Gasteiger partial charge is 0.137 e. The Labute approximate surface area is 101 Å². The van der Waals surface area contributed by atoms with Gasteiger partial charge in [0.2, 0.25) is 0 Å². The summed E-state index contributed by atoms with van der Waals surface area (Å²) >= 11 is 0. The van der Waals surface area contributed by atoms with Crippen LogP contribution in [0.2, 0.25) is 0 Å². The van der Waals surface area contributed by atoms with Gasteiger partial charge in [0.15, 0.2) is 0 Å². The molecular formula is C13H18N4. The first-order valence-electron chi connectivity index (χ1n) is 6.17. The fourth-order valence-electron chi connectivity index (χ4n) is 2.60. The summed E-state index contributed by atoms with van der Waals surface area (Å²) in [7, 11) is 2.05. The van der Waals surface area contributed by atoms with Crippen molar-refractivity contribution in [2.75, 3.05) is 20.1 Å². The molecule has 1 fully saturated rings. The Morgan fingerprint density at radius 3 is 3.35 bits per heavy atom. The number of likely N-dealkylation sites (tertiary alicyclic amines) is 1. The third-order valence-corrected chi connectivity index (χ3v) is 3.61. The van der Waals surface area contributed by atoms with Gasteiger partial charge in [-0.3, -0.25) is 4.90 Å². The number of aromatic amines is 1. The Hall–Kier alpha value is -1.39. The van der Waals surface area contributed by atoms with Crippen molar-refractivity contribution in [2.24, 2.45) is 0 Å². The first-order chi connectivity index (χ1) is 8.36. The average Bonchev–Trinajstić information content (AvgIpc) is 2.97. The second-order valence-corrected chi connectivity index (χ2v) is 4.72. The van der Waals surface area contributed by atoms with Gasteiger partial charge in [-0.1, -0.05) is 0 Å². The summed E-state index contributed by atoms with van der Waals surface area (Å²) < 4.78 is 0.